The zero-order valence-corrected chi connectivity index (χ0v) is 19.8. The van der Waals surface area contributed by atoms with Gasteiger partial charge in [-0.3, -0.25) is 0 Å². The molecule has 0 radical (unpaired) electrons. The molecule has 2 heterocycles. The summed E-state index contributed by atoms with van der Waals surface area (Å²) in [5, 5.41) is 49.3. The van der Waals surface area contributed by atoms with Crippen molar-refractivity contribution in [3.63, 3.8) is 0 Å². The quantitative estimate of drug-likeness (QED) is 0.266. The molecule has 3 aromatic rings. The van der Waals surface area contributed by atoms with E-state index in [1.54, 1.807) is 6.07 Å². The molecule has 0 amide bonds. The van der Waals surface area contributed by atoms with Crippen molar-refractivity contribution < 1.29 is 15.3 Å². The lowest BCUT2D eigenvalue weighted by Gasteiger charge is -2.23. The Morgan fingerprint density at radius 2 is 1.74 bits per heavy atom. The number of hydrogen-bond acceptors (Lipinski definition) is 8. The molecule has 0 atom stereocenters. The molecule has 0 spiro atoms. The molecule has 6 N–H and O–H groups in total. The fourth-order valence-electron chi connectivity index (χ4n) is 4.31. The van der Waals surface area contributed by atoms with Crippen LogP contribution in [0, 0.1) is 0 Å². The number of piperidine rings is 1. The highest BCUT2D eigenvalue weighted by atomic mass is 16.3. The average molecular weight is 467 g/mol. The molecule has 2 aromatic carbocycles. The van der Waals surface area contributed by atoms with E-state index in [4.69, 9.17) is 0 Å². The third-order valence-corrected chi connectivity index (χ3v) is 6.25. The summed E-state index contributed by atoms with van der Waals surface area (Å²) in [6.45, 7) is 8.66. The van der Waals surface area contributed by atoms with Crippen LogP contribution >= 0.6 is 0 Å². The van der Waals surface area contributed by atoms with Crippen LogP contribution < -0.4 is 16.0 Å². The number of phenolic OH excluding ortho intramolecular Hbond substituents is 2. The van der Waals surface area contributed by atoms with Crippen molar-refractivity contribution >= 4 is 0 Å². The summed E-state index contributed by atoms with van der Waals surface area (Å²) >= 11 is 0. The maximum atomic E-state index is 10.5. The molecule has 34 heavy (non-hydrogen) atoms. The van der Waals surface area contributed by atoms with E-state index in [2.05, 4.69) is 26.1 Å². The Hall–Kier alpha value is -3.14. The Morgan fingerprint density at radius 1 is 1.00 bits per heavy atom. The number of nitrogens with one attached hydrogen (secondary N) is 3. The lowest BCUT2D eigenvalue weighted by Crippen LogP contribution is -2.42. The van der Waals surface area contributed by atoms with Gasteiger partial charge in [0.1, 0.15) is 11.5 Å². The predicted octanol–water partition coefficient (Wildman–Crippen LogP) is 2.61. The van der Waals surface area contributed by atoms with E-state index in [1.807, 2.05) is 38.1 Å². The van der Waals surface area contributed by atoms with Gasteiger partial charge in [0.15, 0.2) is 5.82 Å². The van der Waals surface area contributed by atoms with Gasteiger partial charge in [0.05, 0.1) is 11.3 Å². The van der Waals surface area contributed by atoms with Crippen LogP contribution in [0.5, 0.6) is 17.5 Å². The minimum Gasteiger partial charge on any atom is -0.508 e. The summed E-state index contributed by atoms with van der Waals surface area (Å²) in [5.41, 5.74) is 2.86. The Bertz CT molecular complexity index is 1090. The van der Waals surface area contributed by atoms with E-state index in [0.717, 1.165) is 38.3 Å². The second-order valence-electron chi connectivity index (χ2n) is 9.06. The molecule has 1 aliphatic heterocycles. The maximum absolute atomic E-state index is 10.5. The molecular weight excluding hydrogens is 432 g/mol. The average Bonchev–Trinajstić information content (AvgIpc) is 3.21. The molecule has 0 bridgehead atoms. The maximum Gasteiger partial charge on any atom is 0.319 e. The van der Waals surface area contributed by atoms with Crippen LogP contribution in [0.2, 0.25) is 0 Å². The first-order valence-corrected chi connectivity index (χ1v) is 11.9. The largest absolute Gasteiger partial charge is 0.508 e. The Morgan fingerprint density at radius 3 is 2.44 bits per heavy atom. The van der Waals surface area contributed by atoms with Gasteiger partial charge in [0.25, 0.3) is 0 Å². The third kappa shape index (κ3) is 5.49. The lowest BCUT2D eigenvalue weighted by atomic mass is 9.98. The molecule has 1 fully saturated rings. The number of hydrogen-bond donors (Lipinski definition) is 6. The van der Waals surface area contributed by atoms with Crippen molar-refractivity contribution in [2.45, 2.75) is 45.2 Å². The Balaban J connectivity index is 1.43. The van der Waals surface area contributed by atoms with E-state index < -0.39 is 0 Å². The fourth-order valence-corrected chi connectivity index (χ4v) is 4.31. The van der Waals surface area contributed by atoms with Crippen LogP contribution in [0.25, 0.3) is 17.1 Å². The zero-order chi connectivity index (χ0) is 24.1. The van der Waals surface area contributed by atoms with Crippen molar-refractivity contribution in [2.75, 3.05) is 26.2 Å². The molecule has 1 saturated heterocycles. The number of aromatic hydroxyl groups is 3. The van der Waals surface area contributed by atoms with Crippen LogP contribution in [-0.2, 0) is 6.54 Å². The summed E-state index contributed by atoms with van der Waals surface area (Å²) < 4.78 is 1.48. The van der Waals surface area contributed by atoms with Gasteiger partial charge < -0.3 is 31.3 Å². The SMILES string of the molecule is CC(C)c1cc(-c2nnc(O)n2-c2ccc(CNCCNC3CCNCC3)cc2)c(O)cc1O. The van der Waals surface area contributed by atoms with Crippen LogP contribution in [0.3, 0.4) is 0 Å². The van der Waals surface area contributed by atoms with Crippen molar-refractivity contribution in [1.29, 1.82) is 0 Å². The molecule has 4 rings (SSSR count). The number of phenols is 2. The monoisotopic (exact) mass is 466 g/mol. The highest BCUT2D eigenvalue weighted by molar-refractivity contribution is 5.69. The first-order valence-electron chi connectivity index (χ1n) is 11.9. The van der Waals surface area contributed by atoms with Gasteiger partial charge >= 0.3 is 6.01 Å². The number of rotatable bonds is 9. The summed E-state index contributed by atoms with van der Waals surface area (Å²) in [6, 6.07) is 11.1. The molecule has 182 valence electrons. The smallest absolute Gasteiger partial charge is 0.319 e. The normalized spacial score (nSPS) is 14.7. The molecule has 1 aromatic heterocycles. The molecule has 9 nitrogen and oxygen atoms in total. The summed E-state index contributed by atoms with van der Waals surface area (Å²) in [5.74, 6) is 0.238. The topological polar surface area (TPSA) is 127 Å². The van der Waals surface area contributed by atoms with Gasteiger partial charge in [-0.15, -0.1) is 5.10 Å². The molecule has 0 unspecified atom stereocenters. The Labute approximate surface area is 199 Å². The zero-order valence-electron chi connectivity index (χ0n) is 19.8. The highest BCUT2D eigenvalue weighted by Crippen LogP contribution is 2.38. The number of benzene rings is 2. The summed E-state index contributed by atoms with van der Waals surface area (Å²) in [7, 11) is 0. The standard InChI is InChI=1S/C25H34N6O3/c1-16(2)20-13-21(23(33)14-22(20)32)24-29-30-25(34)31(24)19-5-3-17(4-6-19)15-27-11-12-28-18-7-9-26-10-8-18/h3-6,13-14,16,18,26-28,32-33H,7-12,15H2,1-2H3,(H,30,34). The van der Waals surface area contributed by atoms with E-state index >= 15 is 0 Å². The number of aromatic nitrogens is 3. The van der Waals surface area contributed by atoms with E-state index in [0.29, 0.717) is 28.7 Å². The minimum absolute atomic E-state index is 0.0225. The molecule has 0 saturated carbocycles. The van der Waals surface area contributed by atoms with Gasteiger partial charge in [0.2, 0.25) is 0 Å². The van der Waals surface area contributed by atoms with Gasteiger partial charge in [-0.05, 0) is 61.2 Å². The van der Waals surface area contributed by atoms with E-state index in [9.17, 15) is 15.3 Å². The lowest BCUT2D eigenvalue weighted by molar-refractivity contribution is 0.386. The van der Waals surface area contributed by atoms with Gasteiger partial charge in [-0.25, -0.2) is 4.57 Å². The van der Waals surface area contributed by atoms with Crippen LogP contribution in [0.15, 0.2) is 36.4 Å². The van der Waals surface area contributed by atoms with Gasteiger partial charge in [-0.1, -0.05) is 31.1 Å². The highest BCUT2D eigenvalue weighted by Gasteiger charge is 2.20. The van der Waals surface area contributed by atoms with Gasteiger partial charge in [-0.2, -0.15) is 0 Å². The molecular formula is C25H34N6O3. The van der Waals surface area contributed by atoms with Crippen molar-refractivity contribution in [2.24, 2.45) is 0 Å². The minimum atomic E-state index is -0.275. The Kier molecular flexibility index (Phi) is 7.66. The van der Waals surface area contributed by atoms with Crippen LogP contribution in [-0.4, -0.2) is 62.3 Å². The second-order valence-corrected chi connectivity index (χ2v) is 9.06. The van der Waals surface area contributed by atoms with E-state index in [1.165, 1.54) is 23.5 Å². The summed E-state index contributed by atoms with van der Waals surface area (Å²) in [6.07, 6.45) is 2.36. The summed E-state index contributed by atoms with van der Waals surface area (Å²) in [4.78, 5) is 0. The van der Waals surface area contributed by atoms with Crippen LogP contribution in [0.1, 0.15) is 43.7 Å². The predicted molar refractivity (Wildman–Crippen MR) is 131 cm³/mol. The molecule has 9 heteroatoms. The molecule has 1 aliphatic rings. The third-order valence-electron chi connectivity index (χ3n) is 6.25. The molecule has 0 aliphatic carbocycles. The van der Waals surface area contributed by atoms with Crippen molar-refractivity contribution in [3.8, 4) is 34.6 Å². The first kappa shape index (κ1) is 24.0. The number of nitrogens with zero attached hydrogens (tertiary/aromatic N) is 3. The van der Waals surface area contributed by atoms with Crippen molar-refractivity contribution in [1.82, 2.24) is 30.7 Å². The first-order chi connectivity index (χ1) is 16.4. The van der Waals surface area contributed by atoms with Crippen molar-refractivity contribution in [3.05, 3.63) is 47.5 Å². The second kappa shape index (κ2) is 10.9. The van der Waals surface area contributed by atoms with Crippen LogP contribution in [0.4, 0.5) is 0 Å². The van der Waals surface area contributed by atoms with Gasteiger partial charge in [0, 0.05) is 31.7 Å². The fraction of sp³-hybridized carbons (Fsp3) is 0.440. The van der Waals surface area contributed by atoms with E-state index in [-0.39, 0.29) is 23.4 Å².